The third kappa shape index (κ3) is 5.93. The molecule has 0 bridgehead atoms. The molecule has 1 aromatic carbocycles. The van der Waals surface area contributed by atoms with Gasteiger partial charge in [-0.2, -0.15) is 0 Å². The monoisotopic (exact) mass is 562 g/mol. The minimum Gasteiger partial charge on any atom is -0.481 e. The zero-order valence-corrected chi connectivity index (χ0v) is 21.6. The van der Waals surface area contributed by atoms with Crippen molar-refractivity contribution in [3.05, 3.63) is 48.5 Å². The molecule has 4 heterocycles. The number of amides is 2. The molecule has 208 valence electrons. The Balaban J connectivity index is 1.41. The van der Waals surface area contributed by atoms with Gasteiger partial charge in [-0.25, -0.2) is 19.7 Å². The van der Waals surface area contributed by atoms with Gasteiger partial charge in [0.1, 0.15) is 24.6 Å². The fraction of sp³-hybridized carbons (Fsp3) is 0.435. The standard InChI is InChI=1S/C23H27N6O9P/c1-2-24-23(32)28-19-16-20(26-11-25-19)29(12-27-16)21-18-17(37-22(38-18)13-6-4-3-5-7-13)14(36-21)10-35-39(33,34)9-8-15(30)31/h3-7,11-12,14,17-18,21-22H,2,8-10H2,1H3,(H,30,31)(H,33,34)(H2,24,25,26,28,32)/t14-,17?,18+,21-,22-/m1/s1. The van der Waals surface area contributed by atoms with Crippen LogP contribution < -0.4 is 10.6 Å². The molecule has 2 unspecified atom stereocenters. The van der Waals surface area contributed by atoms with Crippen LogP contribution in [0, 0.1) is 0 Å². The van der Waals surface area contributed by atoms with Gasteiger partial charge in [-0.1, -0.05) is 30.3 Å². The number of rotatable bonds is 10. The van der Waals surface area contributed by atoms with Crippen LogP contribution >= 0.6 is 7.60 Å². The van der Waals surface area contributed by atoms with Gasteiger partial charge in [0.25, 0.3) is 0 Å². The second kappa shape index (κ2) is 11.3. The number of nitrogens with zero attached hydrogens (tertiary/aromatic N) is 4. The first-order valence-corrected chi connectivity index (χ1v) is 13.9. The van der Waals surface area contributed by atoms with Crippen LogP contribution in [-0.2, 0) is 28.1 Å². The zero-order valence-electron chi connectivity index (χ0n) is 20.7. The van der Waals surface area contributed by atoms with Gasteiger partial charge in [0.05, 0.1) is 25.5 Å². The highest BCUT2D eigenvalue weighted by atomic mass is 31.2. The number of imidazole rings is 1. The van der Waals surface area contributed by atoms with Crippen molar-refractivity contribution in [3.8, 4) is 0 Å². The smallest absolute Gasteiger partial charge is 0.328 e. The molecule has 2 fully saturated rings. The molecule has 3 aromatic rings. The summed E-state index contributed by atoms with van der Waals surface area (Å²) in [6, 6.07) is 8.80. The molecule has 0 saturated carbocycles. The van der Waals surface area contributed by atoms with Gasteiger partial charge in [0, 0.05) is 12.1 Å². The summed E-state index contributed by atoms with van der Waals surface area (Å²) in [4.78, 5) is 45.8. The van der Waals surface area contributed by atoms with Gasteiger partial charge in [0.15, 0.2) is 29.5 Å². The number of hydrogen-bond acceptors (Lipinski definition) is 10. The predicted octanol–water partition coefficient (Wildman–Crippen LogP) is 2.02. The van der Waals surface area contributed by atoms with E-state index in [1.807, 2.05) is 30.3 Å². The number of aliphatic carboxylic acids is 1. The van der Waals surface area contributed by atoms with Gasteiger partial charge in [-0.05, 0) is 6.92 Å². The molecule has 6 atom stereocenters. The SMILES string of the molecule is CCNC(=O)Nc1ncnc2c1ncn2[C@@H]1O[C@H](COP(=O)(O)CCC(=O)O)C2O[C@@H](c3ccccc3)O[C@@H]21. The average molecular weight is 562 g/mol. The number of anilines is 1. The van der Waals surface area contributed by atoms with Crippen molar-refractivity contribution in [1.29, 1.82) is 0 Å². The number of carboxylic acids is 1. The van der Waals surface area contributed by atoms with Crippen LogP contribution in [-0.4, -0.2) is 79.1 Å². The molecule has 2 aliphatic rings. The Bertz CT molecular complexity index is 1390. The molecule has 39 heavy (non-hydrogen) atoms. The van der Waals surface area contributed by atoms with Gasteiger partial charge in [-0.3, -0.25) is 19.2 Å². The molecular formula is C23H27N6O9P. The van der Waals surface area contributed by atoms with E-state index in [0.717, 1.165) is 5.56 Å². The Hall–Kier alpha value is -3.46. The second-order valence-corrected chi connectivity index (χ2v) is 10.8. The lowest BCUT2D eigenvalue weighted by Crippen LogP contribution is -2.31. The summed E-state index contributed by atoms with van der Waals surface area (Å²) in [6.07, 6.45) is -2.10. The zero-order chi connectivity index (χ0) is 27.6. The normalized spacial score (nSPS) is 25.7. The number of carbonyl (C=O) groups excluding carboxylic acids is 1. The summed E-state index contributed by atoms with van der Waals surface area (Å²) < 4.78 is 37.8. The predicted molar refractivity (Wildman–Crippen MR) is 134 cm³/mol. The maximum atomic E-state index is 12.4. The van der Waals surface area contributed by atoms with E-state index in [1.165, 1.54) is 12.7 Å². The Morgan fingerprint density at radius 2 is 1.90 bits per heavy atom. The van der Waals surface area contributed by atoms with E-state index in [-0.39, 0.29) is 12.4 Å². The van der Waals surface area contributed by atoms with Gasteiger partial charge in [-0.15, -0.1) is 0 Å². The van der Waals surface area contributed by atoms with Crippen LogP contribution in [0.5, 0.6) is 0 Å². The molecule has 2 aliphatic heterocycles. The highest BCUT2D eigenvalue weighted by Gasteiger charge is 2.54. The molecule has 0 radical (unpaired) electrons. The molecule has 2 saturated heterocycles. The van der Waals surface area contributed by atoms with E-state index < -0.39 is 63.0 Å². The summed E-state index contributed by atoms with van der Waals surface area (Å²) in [5.74, 6) is -1.01. The maximum absolute atomic E-state index is 12.4. The lowest BCUT2D eigenvalue weighted by atomic mass is 10.1. The molecule has 5 rings (SSSR count). The van der Waals surface area contributed by atoms with Gasteiger partial charge < -0.3 is 34.1 Å². The first-order chi connectivity index (χ1) is 18.8. The van der Waals surface area contributed by atoms with E-state index >= 15 is 0 Å². The fourth-order valence-corrected chi connectivity index (χ4v) is 5.38. The van der Waals surface area contributed by atoms with Crippen LogP contribution in [0.15, 0.2) is 43.0 Å². The minimum absolute atomic E-state index is 0.199. The maximum Gasteiger partial charge on any atom is 0.328 e. The second-order valence-electron chi connectivity index (χ2n) is 8.84. The molecule has 4 N–H and O–H groups in total. The Labute approximate surface area is 222 Å². The Kier molecular flexibility index (Phi) is 7.88. The molecule has 2 amide bonds. The van der Waals surface area contributed by atoms with Crippen molar-refractivity contribution in [2.75, 3.05) is 24.6 Å². The van der Waals surface area contributed by atoms with Crippen LogP contribution in [0.25, 0.3) is 11.2 Å². The number of carbonyl (C=O) groups is 2. The summed E-state index contributed by atoms with van der Waals surface area (Å²) in [7, 11) is -4.20. The quantitative estimate of drug-likeness (QED) is 0.263. The number of ether oxygens (including phenoxy) is 3. The van der Waals surface area contributed by atoms with Crippen molar-refractivity contribution in [1.82, 2.24) is 24.8 Å². The van der Waals surface area contributed by atoms with E-state index in [4.69, 9.17) is 23.8 Å². The van der Waals surface area contributed by atoms with Crippen LogP contribution in [0.4, 0.5) is 10.6 Å². The van der Waals surface area contributed by atoms with Gasteiger partial charge >= 0.3 is 19.6 Å². The fourth-order valence-electron chi connectivity index (χ4n) is 4.39. The summed E-state index contributed by atoms with van der Waals surface area (Å²) in [5, 5.41) is 14.1. The summed E-state index contributed by atoms with van der Waals surface area (Å²) in [5.41, 5.74) is 1.43. The Morgan fingerprint density at radius 3 is 2.64 bits per heavy atom. The molecular weight excluding hydrogens is 535 g/mol. The van der Waals surface area contributed by atoms with E-state index in [9.17, 15) is 19.0 Å². The number of hydrogen-bond donors (Lipinski definition) is 4. The molecule has 0 spiro atoms. The molecule has 0 aliphatic carbocycles. The molecule has 15 nitrogen and oxygen atoms in total. The van der Waals surface area contributed by atoms with E-state index in [0.29, 0.717) is 17.7 Å². The van der Waals surface area contributed by atoms with Crippen molar-refractivity contribution in [2.45, 2.75) is 44.2 Å². The van der Waals surface area contributed by atoms with Crippen molar-refractivity contribution < 1.29 is 42.9 Å². The van der Waals surface area contributed by atoms with Crippen LogP contribution in [0.1, 0.15) is 31.4 Å². The molecule has 16 heteroatoms. The minimum atomic E-state index is -4.20. The largest absolute Gasteiger partial charge is 0.481 e. The number of aromatic nitrogens is 4. The third-order valence-electron chi connectivity index (χ3n) is 6.17. The highest BCUT2D eigenvalue weighted by Crippen LogP contribution is 2.48. The first-order valence-electron chi connectivity index (χ1n) is 12.2. The number of carboxylic acid groups (broad SMARTS) is 1. The topological polar surface area (TPSA) is 196 Å². The van der Waals surface area contributed by atoms with E-state index in [1.54, 1.807) is 11.5 Å². The number of nitrogens with one attached hydrogen (secondary N) is 2. The van der Waals surface area contributed by atoms with Crippen molar-refractivity contribution in [3.63, 3.8) is 0 Å². The van der Waals surface area contributed by atoms with Crippen molar-refractivity contribution in [2.24, 2.45) is 0 Å². The van der Waals surface area contributed by atoms with Crippen LogP contribution in [0.2, 0.25) is 0 Å². The third-order valence-corrected chi connectivity index (χ3v) is 7.51. The lowest BCUT2D eigenvalue weighted by molar-refractivity contribution is -0.152. The van der Waals surface area contributed by atoms with Crippen LogP contribution in [0.3, 0.4) is 0 Å². The number of fused-ring (bicyclic) bond motifs is 2. The number of urea groups is 1. The summed E-state index contributed by atoms with van der Waals surface area (Å²) >= 11 is 0. The van der Waals surface area contributed by atoms with Gasteiger partial charge in [0.2, 0.25) is 0 Å². The summed E-state index contributed by atoms with van der Waals surface area (Å²) in [6.45, 7) is 1.86. The lowest BCUT2D eigenvalue weighted by Gasteiger charge is -2.22. The Morgan fingerprint density at radius 1 is 1.13 bits per heavy atom. The van der Waals surface area contributed by atoms with Crippen molar-refractivity contribution >= 4 is 36.6 Å². The first kappa shape index (κ1) is 27.1. The van der Waals surface area contributed by atoms with E-state index in [2.05, 4.69) is 25.6 Å². The average Bonchev–Trinajstić information content (AvgIpc) is 3.62. The number of benzene rings is 1. The molecule has 2 aromatic heterocycles. The highest BCUT2D eigenvalue weighted by molar-refractivity contribution is 7.52.